The van der Waals surface area contributed by atoms with Crippen molar-refractivity contribution in [2.45, 2.75) is 69.4 Å². The monoisotopic (exact) mass is 709 g/mol. The van der Waals surface area contributed by atoms with E-state index in [4.69, 9.17) is 0 Å². The fourth-order valence-corrected chi connectivity index (χ4v) is 9.03. The fourth-order valence-electron chi connectivity index (χ4n) is 9.03. The third-order valence-electron chi connectivity index (χ3n) is 11.9. The quantitative estimate of drug-likeness (QED) is 0.141. The summed E-state index contributed by atoms with van der Waals surface area (Å²) >= 11 is 0. The third kappa shape index (κ3) is 7.56. The lowest BCUT2D eigenvalue weighted by Crippen LogP contribution is -2.49. The number of rotatable bonds is 11. The molecular formula is C45H51N5O3. The Morgan fingerprint density at radius 1 is 0.792 bits per heavy atom. The molecule has 8 rings (SSSR count). The second kappa shape index (κ2) is 15.5. The molecule has 3 heterocycles. The highest BCUT2D eigenvalue weighted by atomic mass is 16.3. The molecule has 8 nitrogen and oxygen atoms in total. The number of nitrogens with zero attached hydrogens (tertiary/aromatic N) is 3. The molecule has 8 heteroatoms. The summed E-state index contributed by atoms with van der Waals surface area (Å²) in [6, 6.07) is 31.7. The summed E-state index contributed by atoms with van der Waals surface area (Å²) in [5.41, 5.74) is 10.1. The van der Waals surface area contributed by atoms with Crippen molar-refractivity contribution in [1.82, 2.24) is 15.1 Å². The molecule has 274 valence electrons. The molecule has 3 N–H and O–H groups in total. The highest BCUT2D eigenvalue weighted by molar-refractivity contribution is 6.01. The van der Waals surface area contributed by atoms with Crippen molar-refractivity contribution in [3.8, 4) is 5.75 Å². The molecule has 0 radical (unpaired) electrons. The first-order chi connectivity index (χ1) is 25.9. The first kappa shape index (κ1) is 35.0. The first-order valence-corrected chi connectivity index (χ1v) is 19.5. The van der Waals surface area contributed by atoms with E-state index in [1.165, 1.54) is 40.8 Å². The van der Waals surface area contributed by atoms with Crippen LogP contribution in [0.4, 0.5) is 11.4 Å². The van der Waals surface area contributed by atoms with E-state index in [0.29, 0.717) is 36.6 Å². The average Bonchev–Trinajstić information content (AvgIpc) is 3.51. The van der Waals surface area contributed by atoms with Crippen LogP contribution in [-0.2, 0) is 17.8 Å². The average molecular weight is 710 g/mol. The molecule has 0 spiro atoms. The zero-order chi connectivity index (χ0) is 36.3. The fraction of sp³-hybridized carbons (Fsp3) is 0.378. The predicted octanol–water partition coefficient (Wildman–Crippen LogP) is 7.41. The first-order valence-electron chi connectivity index (χ1n) is 19.5. The lowest BCUT2D eigenvalue weighted by Gasteiger charge is -2.37. The number of unbranched alkanes of at least 4 members (excludes halogenated alkanes) is 2. The number of carbonyl (C=O) groups excluding carboxylic acids is 2. The van der Waals surface area contributed by atoms with Gasteiger partial charge in [-0.05, 0) is 121 Å². The number of amides is 2. The minimum absolute atomic E-state index is 0.0561. The van der Waals surface area contributed by atoms with Gasteiger partial charge in [0.25, 0.3) is 5.91 Å². The highest BCUT2D eigenvalue weighted by Crippen LogP contribution is 2.47. The number of allylic oxidation sites excluding steroid dienone is 1. The van der Waals surface area contributed by atoms with Gasteiger partial charge < -0.3 is 25.5 Å². The Morgan fingerprint density at radius 2 is 1.60 bits per heavy atom. The number of piperidine rings is 1. The van der Waals surface area contributed by atoms with E-state index in [1.54, 1.807) is 4.90 Å². The second-order valence-electron chi connectivity index (χ2n) is 15.3. The highest BCUT2D eigenvalue weighted by Gasteiger charge is 2.38. The summed E-state index contributed by atoms with van der Waals surface area (Å²) in [5, 5.41) is 16.6. The number of carbonyl (C=O) groups is 2. The second-order valence-corrected chi connectivity index (χ2v) is 15.3. The van der Waals surface area contributed by atoms with E-state index in [0.717, 1.165) is 75.5 Å². The molecule has 0 bridgehead atoms. The number of fused-ring (bicyclic) bond motifs is 2. The Kier molecular flexibility index (Phi) is 10.2. The Hall–Kier alpha value is -5.08. The maximum absolute atomic E-state index is 13.0. The molecule has 2 amide bonds. The topological polar surface area (TPSA) is 88.2 Å². The minimum atomic E-state index is -0.427. The molecule has 3 atom stereocenters. The number of phenolic OH excluding ortho intramolecular Hbond substituents is 1. The van der Waals surface area contributed by atoms with Crippen molar-refractivity contribution < 1.29 is 14.7 Å². The maximum Gasteiger partial charge on any atom is 0.255 e. The van der Waals surface area contributed by atoms with Crippen LogP contribution in [0.3, 0.4) is 0 Å². The zero-order valence-corrected chi connectivity index (χ0v) is 30.6. The van der Waals surface area contributed by atoms with Crippen LogP contribution < -0.4 is 15.5 Å². The van der Waals surface area contributed by atoms with Gasteiger partial charge in [-0.1, -0.05) is 61.5 Å². The molecule has 53 heavy (non-hydrogen) atoms. The van der Waals surface area contributed by atoms with E-state index in [-0.39, 0.29) is 17.7 Å². The normalized spacial score (nSPS) is 21.7. The van der Waals surface area contributed by atoms with Gasteiger partial charge in [0.2, 0.25) is 5.91 Å². The lowest BCUT2D eigenvalue weighted by atomic mass is 9.69. The third-order valence-corrected chi connectivity index (χ3v) is 11.9. The summed E-state index contributed by atoms with van der Waals surface area (Å²) in [4.78, 5) is 32.4. The molecule has 0 aromatic heterocycles. The van der Waals surface area contributed by atoms with E-state index < -0.39 is 6.04 Å². The number of hydrogen-bond acceptors (Lipinski definition) is 6. The van der Waals surface area contributed by atoms with Crippen LogP contribution in [0.2, 0.25) is 0 Å². The number of nitrogens with one attached hydrogen (secondary N) is 2. The van der Waals surface area contributed by atoms with Crippen LogP contribution in [0.1, 0.15) is 88.5 Å². The van der Waals surface area contributed by atoms with Crippen LogP contribution in [-0.4, -0.2) is 72.0 Å². The molecule has 4 aromatic rings. The molecular weight excluding hydrogens is 659 g/mol. The molecule has 1 unspecified atom stereocenters. The predicted molar refractivity (Wildman–Crippen MR) is 212 cm³/mol. The van der Waals surface area contributed by atoms with Crippen LogP contribution in [0.15, 0.2) is 103 Å². The molecule has 4 aliphatic rings. The van der Waals surface area contributed by atoms with Crippen molar-refractivity contribution in [3.05, 3.63) is 137 Å². The van der Waals surface area contributed by atoms with Crippen LogP contribution in [0, 0.1) is 0 Å². The van der Waals surface area contributed by atoms with Crippen molar-refractivity contribution >= 4 is 23.2 Å². The van der Waals surface area contributed by atoms with Gasteiger partial charge in [-0.25, -0.2) is 0 Å². The summed E-state index contributed by atoms with van der Waals surface area (Å²) in [5.74, 6) is 0.852. The molecule has 2 fully saturated rings. The molecule has 1 aliphatic carbocycles. The number of anilines is 2. The van der Waals surface area contributed by atoms with E-state index >= 15 is 0 Å². The van der Waals surface area contributed by atoms with Gasteiger partial charge in [0.05, 0.1) is 0 Å². The lowest BCUT2D eigenvalue weighted by molar-refractivity contribution is -0.126. The smallest absolute Gasteiger partial charge is 0.255 e. The Bertz CT molecular complexity index is 1950. The summed E-state index contributed by atoms with van der Waals surface area (Å²) in [6.45, 7) is 10.6. The number of piperazine rings is 1. The van der Waals surface area contributed by atoms with Crippen LogP contribution in [0.25, 0.3) is 0 Å². The van der Waals surface area contributed by atoms with Gasteiger partial charge >= 0.3 is 0 Å². The summed E-state index contributed by atoms with van der Waals surface area (Å²) < 4.78 is 0. The molecule has 3 aliphatic heterocycles. The summed E-state index contributed by atoms with van der Waals surface area (Å²) in [6.07, 6.45) is 6.84. The van der Waals surface area contributed by atoms with Gasteiger partial charge in [-0.2, -0.15) is 0 Å². The molecule has 2 saturated heterocycles. The van der Waals surface area contributed by atoms with Gasteiger partial charge in [0.15, 0.2) is 0 Å². The van der Waals surface area contributed by atoms with Crippen molar-refractivity contribution in [2.75, 3.05) is 49.5 Å². The SMILES string of the molecule is C=C1CCC(N2Cc3cc(NCCCCCN4CCN(c5ccc([C@@H]6c7ccc(O)cc7CC[C@@H]6c6ccccc6)cc5)CC4)ccc3C2=O)C(=O)N1. The van der Waals surface area contributed by atoms with Gasteiger partial charge in [0, 0.05) is 67.8 Å². The molecule has 0 saturated carbocycles. The summed E-state index contributed by atoms with van der Waals surface area (Å²) in [7, 11) is 0. The standard InChI is InChI=1S/C45H51N5O3/c1-31-10-21-42(44(52)47-31)50-30-35-28-36(14-19-41(35)45(50)53)46-22-6-3-7-23-48-24-26-49(27-25-48)37-15-11-33(12-16-37)43-39(32-8-4-2-5-9-32)18-13-34-29-38(51)17-20-40(34)43/h2,4-5,8-9,11-12,14-17,19-20,28-29,39,42-43,46,51H,1,3,6-7,10,13,18,21-27,30H2,(H,47,52)/t39-,42?,43+/m1/s1. The zero-order valence-electron chi connectivity index (χ0n) is 30.6. The Labute approximate surface area is 313 Å². The van der Waals surface area contributed by atoms with Crippen LogP contribution >= 0.6 is 0 Å². The van der Waals surface area contributed by atoms with Gasteiger partial charge in [-0.3, -0.25) is 14.5 Å². The number of phenols is 1. The van der Waals surface area contributed by atoms with Gasteiger partial charge in [-0.15, -0.1) is 0 Å². The maximum atomic E-state index is 13.0. The van der Waals surface area contributed by atoms with Crippen LogP contribution in [0.5, 0.6) is 5.75 Å². The number of benzene rings is 4. The van der Waals surface area contributed by atoms with E-state index in [2.05, 4.69) is 93.7 Å². The van der Waals surface area contributed by atoms with E-state index in [9.17, 15) is 14.7 Å². The number of aromatic hydroxyl groups is 1. The van der Waals surface area contributed by atoms with Crippen molar-refractivity contribution in [1.29, 1.82) is 0 Å². The number of aryl methyl sites for hydroxylation is 1. The minimum Gasteiger partial charge on any atom is -0.508 e. The van der Waals surface area contributed by atoms with Gasteiger partial charge in [0.1, 0.15) is 11.8 Å². The van der Waals surface area contributed by atoms with E-state index in [1.807, 2.05) is 24.3 Å². The number of hydrogen-bond donors (Lipinski definition) is 3. The Morgan fingerprint density at radius 3 is 2.40 bits per heavy atom. The van der Waals surface area contributed by atoms with Crippen molar-refractivity contribution in [3.63, 3.8) is 0 Å². The van der Waals surface area contributed by atoms with Crippen molar-refractivity contribution in [2.24, 2.45) is 0 Å². The largest absolute Gasteiger partial charge is 0.508 e. The Balaban J connectivity index is 0.780. The molecule has 4 aromatic carbocycles.